The number of pyridine rings is 1. The van der Waals surface area contributed by atoms with Crippen molar-refractivity contribution >= 4 is 17.1 Å². The van der Waals surface area contributed by atoms with Crippen LogP contribution in [0.2, 0.25) is 0 Å². The predicted octanol–water partition coefficient (Wildman–Crippen LogP) is 0.777. The number of azo groups is 1. The number of halogens is 1. The highest BCUT2D eigenvalue weighted by Crippen LogP contribution is 2.21. The summed E-state index contributed by atoms with van der Waals surface area (Å²) < 4.78 is 1.97. The fourth-order valence-corrected chi connectivity index (χ4v) is 1.99. The molecular formula is C16H21IN4. The van der Waals surface area contributed by atoms with E-state index in [2.05, 4.69) is 41.1 Å². The maximum Gasteiger partial charge on any atom is 0.170 e. The molecule has 1 heterocycles. The van der Waals surface area contributed by atoms with Crippen LogP contribution in [-0.4, -0.2) is 13.1 Å². The first kappa shape index (κ1) is 17.6. The van der Waals surface area contributed by atoms with E-state index in [-0.39, 0.29) is 24.0 Å². The van der Waals surface area contributed by atoms with Crippen LogP contribution in [0.15, 0.2) is 59.0 Å². The fourth-order valence-electron chi connectivity index (χ4n) is 1.99. The van der Waals surface area contributed by atoms with Gasteiger partial charge in [-0.3, -0.25) is 0 Å². The molecule has 0 spiro atoms. The highest BCUT2D eigenvalue weighted by Gasteiger charge is 2.01. The molecule has 0 aliphatic rings. The molecule has 21 heavy (non-hydrogen) atoms. The summed E-state index contributed by atoms with van der Waals surface area (Å²) in [6, 6.07) is 12.1. The van der Waals surface area contributed by atoms with Crippen LogP contribution < -0.4 is 33.4 Å². The molecule has 5 heteroatoms. The predicted molar refractivity (Wildman–Crippen MR) is 81.8 cm³/mol. The lowest BCUT2D eigenvalue weighted by molar-refractivity contribution is -0.671. The highest BCUT2D eigenvalue weighted by molar-refractivity contribution is 5.52. The zero-order valence-corrected chi connectivity index (χ0v) is 14.9. The molecule has 0 fully saturated rings. The summed E-state index contributed by atoms with van der Waals surface area (Å²) in [5.41, 5.74) is 2.95. The number of rotatable bonds is 5. The molecule has 2 aromatic rings. The van der Waals surface area contributed by atoms with Gasteiger partial charge < -0.3 is 28.9 Å². The van der Waals surface area contributed by atoms with E-state index in [1.165, 1.54) is 5.69 Å². The first-order valence-corrected chi connectivity index (χ1v) is 6.95. The van der Waals surface area contributed by atoms with Crippen molar-refractivity contribution < 1.29 is 28.5 Å². The van der Waals surface area contributed by atoms with Crippen LogP contribution in [0.5, 0.6) is 0 Å². The van der Waals surface area contributed by atoms with Crippen molar-refractivity contribution in [1.29, 1.82) is 0 Å². The Morgan fingerprint density at radius 2 is 1.33 bits per heavy atom. The van der Waals surface area contributed by atoms with Gasteiger partial charge in [0.15, 0.2) is 12.4 Å². The number of nitrogens with zero attached hydrogens (tertiary/aromatic N) is 4. The largest absolute Gasteiger partial charge is 1.00 e. The van der Waals surface area contributed by atoms with Gasteiger partial charge in [-0.1, -0.05) is 0 Å². The van der Waals surface area contributed by atoms with Crippen LogP contribution in [0.3, 0.4) is 0 Å². The van der Waals surface area contributed by atoms with Crippen molar-refractivity contribution in [2.24, 2.45) is 17.3 Å². The van der Waals surface area contributed by atoms with Gasteiger partial charge in [0.05, 0.1) is 11.4 Å². The Balaban J connectivity index is 0.00000220. The van der Waals surface area contributed by atoms with Gasteiger partial charge in [0.2, 0.25) is 0 Å². The Morgan fingerprint density at radius 3 is 1.81 bits per heavy atom. The monoisotopic (exact) mass is 396 g/mol. The third kappa shape index (κ3) is 5.08. The van der Waals surface area contributed by atoms with Crippen molar-refractivity contribution in [1.82, 2.24) is 0 Å². The Morgan fingerprint density at radius 1 is 0.857 bits per heavy atom. The molecule has 0 atom stereocenters. The van der Waals surface area contributed by atoms with E-state index < -0.39 is 0 Å². The molecule has 0 aliphatic carbocycles. The molecule has 112 valence electrons. The Labute approximate surface area is 143 Å². The van der Waals surface area contributed by atoms with Crippen molar-refractivity contribution in [2.45, 2.75) is 13.8 Å². The van der Waals surface area contributed by atoms with Gasteiger partial charge in [-0.15, -0.1) is 0 Å². The molecule has 0 saturated carbocycles. The van der Waals surface area contributed by atoms with Gasteiger partial charge >= 0.3 is 0 Å². The molecular weight excluding hydrogens is 375 g/mol. The average molecular weight is 396 g/mol. The molecule has 1 aromatic carbocycles. The third-order valence-electron chi connectivity index (χ3n) is 3.22. The van der Waals surface area contributed by atoms with E-state index in [9.17, 15) is 0 Å². The average Bonchev–Trinajstić information content (AvgIpc) is 2.49. The second-order valence-electron chi connectivity index (χ2n) is 4.61. The smallest absolute Gasteiger partial charge is 0.170 e. The number of aromatic nitrogens is 1. The number of anilines is 1. The minimum absolute atomic E-state index is 0. The van der Waals surface area contributed by atoms with Crippen molar-refractivity contribution in [3.63, 3.8) is 0 Å². The van der Waals surface area contributed by atoms with Gasteiger partial charge in [-0.2, -0.15) is 10.2 Å². The number of hydrogen-bond donors (Lipinski definition) is 0. The zero-order valence-electron chi connectivity index (χ0n) is 12.7. The summed E-state index contributed by atoms with van der Waals surface area (Å²) in [6.07, 6.45) is 3.91. The topological polar surface area (TPSA) is 31.8 Å². The van der Waals surface area contributed by atoms with Gasteiger partial charge in [0, 0.05) is 30.9 Å². The second-order valence-corrected chi connectivity index (χ2v) is 4.61. The lowest BCUT2D eigenvalue weighted by Gasteiger charge is -2.20. The molecule has 0 radical (unpaired) electrons. The van der Waals surface area contributed by atoms with Crippen LogP contribution in [0.25, 0.3) is 0 Å². The Bertz CT molecular complexity index is 560. The number of benzene rings is 1. The van der Waals surface area contributed by atoms with Crippen molar-refractivity contribution in [3.8, 4) is 0 Å². The first-order chi connectivity index (χ1) is 9.72. The highest BCUT2D eigenvalue weighted by atomic mass is 127. The van der Waals surface area contributed by atoms with Gasteiger partial charge in [0.1, 0.15) is 7.05 Å². The van der Waals surface area contributed by atoms with Gasteiger partial charge in [0.25, 0.3) is 0 Å². The van der Waals surface area contributed by atoms with Crippen LogP contribution >= 0.6 is 0 Å². The summed E-state index contributed by atoms with van der Waals surface area (Å²) in [5.74, 6) is 0. The third-order valence-corrected chi connectivity index (χ3v) is 3.22. The van der Waals surface area contributed by atoms with Crippen LogP contribution in [0, 0.1) is 0 Å². The molecule has 4 nitrogen and oxygen atoms in total. The SMILES string of the molecule is CCN(CC)c1ccc(N=Nc2cc[n+](C)cc2)cc1.[I-]. The molecule has 0 bridgehead atoms. The summed E-state index contributed by atoms with van der Waals surface area (Å²) in [4.78, 5) is 2.30. The first-order valence-electron chi connectivity index (χ1n) is 6.95. The molecule has 0 N–H and O–H groups in total. The minimum atomic E-state index is 0. The van der Waals surface area contributed by atoms with Crippen LogP contribution in [0.4, 0.5) is 17.1 Å². The molecule has 0 unspecified atom stereocenters. The Hall–Kier alpha value is -1.50. The van der Waals surface area contributed by atoms with Crippen LogP contribution in [0.1, 0.15) is 13.8 Å². The summed E-state index contributed by atoms with van der Waals surface area (Å²) in [6.45, 7) is 6.34. The lowest BCUT2D eigenvalue weighted by Crippen LogP contribution is -3.00. The molecule has 0 amide bonds. The zero-order chi connectivity index (χ0) is 14.4. The minimum Gasteiger partial charge on any atom is -1.00 e. The quantitative estimate of drug-likeness (QED) is 0.418. The van der Waals surface area contributed by atoms with Gasteiger partial charge in [-0.05, 0) is 38.1 Å². The van der Waals surface area contributed by atoms with Crippen molar-refractivity contribution in [3.05, 3.63) is 48.8 Å². The molecule has 2 rings (SSSR count). The van der Waals surface area contributed by atoms with Crippen LogP contribution in [-0.2, 0) is 7.05 Å². The maximum absolute atomic E-state index is 4.26. The maximum atomic E-state index is 4.26. The van der Waals surface area contributed by atoms with E-state index in [0.29, 0.717) is 0 Å². The normalized spacial score (nSPS) is 10.4. The van der Waals surface area contributed by atoms with E-state index in [1.807, 2.05) is 48.3 Å². The molecule has 0 saturated heterocycles. The fraction of sp³-hybridized carbons (Fsp3) is 0.312. The summed E-state index contributed by atoms with van der Waals surface area (Å²) in [7, 11) is 1.98. The summed E-state index contributed by atoms with van der Waals surface area (Å²) in [5, 5.41) is 8.49. The number of hydrogen-bond acceptors (Lipinski definition) is 3. The Kier molecular flexibility index (Phi) is 7.28. The van der Waals surface area contributed by atoms with E-state index in [0.717, 1.165) is 24.5 Å². The lowest BCUT2D eigenvalue weighted by atomic mass is 10.2. The summed E-state index contributed by atoms with van der Waals surface area (Å²) >= 11 is 0. The number of aryl methyl sites for hydroxylation is 1. The standard InChI is InChI=1S/C16H21N4.HI/c1-4-20(5-2)16-8-6-14(7-9-16)17-18-15-10-12-19(3)13-11-15;/h6-13H,4-5H2,1-3H3;1H/q+1;/p-1. The van der Waals surface area contributed by atoms with E-state index in [1.54, 1.807) is 0 Å². The molecule has 0 aliphatic heterocycles. The molecule has 1 aromatic heterocycles. The van der Waals surface area contributed by atoms with E-state index >= 15 is 0 Å². The van der Waals surface area contributed by atoms with Crippen molar-refractivity contribution in [2.75, 3.05) is 18.0 Å². The van der Waals surface area contributed by atoms with Gasteiger partial charge in [-0.25, -0.2) is 4.57 Å². The second kappa shape index (κ2) is 8.71. The van der Waals surface area contributed by atoms with E-state index in [4.69, 9.17) is 0 Å².